The number of benzene rings is 1. The first-order valence-electron chi connectivity index (χ1n) is 7.35. The van der Waals surface area contributed by atoms with Gasteiger partial charge in [0, 0.05) is 24.2 Å². The molecule has 1 aromatic rings. The molecule has 2 unspecified atom stereocenters. The summed E-state index contributed by atoms with van der Waals surface area (Å²) in [6.07, 6.45) is 2.75. The number of nitrogens with one attached hydrogen (secondary N) is 1. The van der Waals surface area contributed by atoms with Crippen LogP contribution in [0.3, 0.4) is 0 Å². The number of hydrogen-bond donors (Lipinski definition) is 2. The van der Waals surface area contributed by atoms with E-state index in [0.717, 1.165) is 29.5 Å². The van der Waals surface area contributed by atoms with Crippen molar-refractivity contribution in [3.63, 3.8) is 0 Å². The monoisotopic (exact) mass is 278 g/mol. The lowest BCUT2D eigenvalue weighted by Crippen LogP contribution is -2.32. The third kappa shape index (κ3) is 3.64. The summed E-state index contributed by atoms with van der Waals surface area (Å²) in [5.41, 5.74) is 7.02. The lowest BCUT2D eigenvalue weighted by molar-refractivity contribution is 0.377. The summed E-state index contributed by atoms with van der Waals surface area (Å²) in [7, 11) is 3.34. The molecule has 0 spiro atoms. The Hall–Kier alpha value is -1.26. The average molecular weight is 278 g/mol. The number of ether oxygens (including phenoxy) is 2. The van der Waals surface area contributed by atoms with Gasteiger partial charge in [-0.3, -0.25) is 0 Å². The number of hydrogen-bond acceptors (Lipinski definition) is 4. The molecule has 1 aliphatic carbocycles. The fraction of sp³-hybridized carbons (Fsp3) is 0.625. The molecular formula is C16H26N2O2. The van der Waals surface area contributed by atoms with Crippen LogP contribution in [0.4, 0.5) is 0 Å². The quantitative estimate of drug-likeness (QED) is 0.766. The average Bonchev–Trinajstić information content (AvgIpc) is 3.32. The van der Waals surface area contributed by atoms with Crippen molar-refractivity contribution in [3.8, 4) is 11.5 Å². The van der Waals surface area contributed by atoms with Gasteiger partial charge in [-0.1, -0.05) is 13.0 Å². The molecule has 0 amide bonds. The first-order valence-corrected chi connectivity index (χ1v) is 7.35. The van der Waals surface area contributed by atoms with E-state index in [0.29, 0.717) is 12.5 Å². The van der Waals surface area contributed by atoms with Gasteiger partial charge >= 0.3 is 0 Å². The van der Waals surface area contributed by atoms with Crippen LogP contribution in [0.2, 0.25) is 0 Å². The summed E-state index contributed by atoms with van der Waals surface area (Å²) in [5, 5.41) is 3.57. The van der Waals surface area contributed by atoms with Gasteiger partial charge in [-0.05, 0) is 37.3 Å². The Morgan fingerprint density at radius 1 is 1.30 bits per heavy atom. The molecule has 112 valence electrons. The van der Waals surface area contributed by atoms with Gasteiger partial charge in [-0.15, -0.1) is 0 Å². The van der Waals surface area contributed by atoms with Crippen molar-refractivity contribution in [1.29, 1.82) is 0 Å². The van der Waals surface area contributed by atoms with Crippen molar-refractivity contribution in [1.82, 2.24) is 5.32 Å². The van der Waals surface area contributed by atoms with Crippen LogP contribution in [0.25, 0.3) is 0 Å². The van der Waals surface area contributed by atoms with Crippen LogP contribution >= 0.6 is 0 Å². The minimum Gasteiger partial charge on any atom is -0.497 e. The SMILES string of the molecule is COc1ccc(C(CN)NCC(C)C2CC2)c(OC)c1. The highest BCUT2D eigenvalue weighted by atomic mass is 16.5. The first kappa shape index (κ1) is 15.1. The lowest BCUT2D eigenvalue weighted by Gasteiger charge is -2.22. The van der Waals surface area contributed by atoms with E-state index in [4.69, 9.17) is 15.2 Å². The number of methoxy groups -OCH3 is 2. The van der Waals surface area contributed by atoms with Crippen LogP contribution in [0.15, 0.2) is 18.2 Å². The second-order valence-electron chi connectivity index (χ2n) is 5.62. The lowest BCUT2D eigenvalue weighted by atomic mass is 10.0. The molecular weight excluding hydrogens is 252 g/mol. The summed E-state index contributed by atoms with van der Waals surface area (Å²) in [5.74, 6) is 3.24. The summed E-state index contributed by atoms with van der Waals surface area (Å²) < 4.78 is 10.7. The van der Waals surface area contributed by atoms with Gasteiger partial charge in [-0.2, -0.15) is 0 Å². The Morgan fingerprint density at radius 2 is 2.05 bits per heavy atom. The zero-order valence-electron chi connectivity index (χ0n) is 12.7. The molecule has 1 aromatic carbocycles. The Bertz CT molecular complexity index is 432. The zero-order valence-corrected chi connectivity index (χ0v) is 12.7. The molecule has 0 bridgehead atoms. The van der Waals surface area contributed by atoms with E-state index in [1.165, 1.54) is 12.8 Å². The molecule has 0 aliphatic heterocycles. The van der Waals surface area contributed by atoms with Crippen molar-refractivity contribution >= 4 is 0 Å². The standard InChI is InChI=1S/C16H26N2O2/c1-11(12-4-5-12)10-18-15(9-17)14-7-6-13(19-2)8-16(14)20-3/h6-8,11-12,15,18H,4-5,9-10,17H2,1-3H3. The predicted molar refractivity (Wildman–Crippen MR) is 81.2 cm³/mol. The molecule has 1 aliphatic rings. The molecule has 4 heteroatoms. The van der Waals surface area contributed by atoms with Gasteiger partial charge in [0.1, 0.15) is 11.5 Å². The third-order valence-corrected chi connectivity index (χ3v) is 4.16. The van der Waals surface area contributed by atoms with Crippen LogP contribution in [0.5, 0.6) is 11.5 Å². The summed E-state index contributed by atoms with van der Waals surface area (Å²) in [6.45, 7) is 3.87. The maximum absolute atomic E-state index is 5.93. The van der Waals surface area contributed by atoms with Gasteiger partial charge < -0.3 is 20.5 Å². The van der Waals surface area contributed by atoms with Crippen LogP contribution in [-0.4, -0.2) is 27.3 Å². The second-order valence-corrected chi connectivity index (χ2v) is 5.62. The molecule has 0 saturated heterocycles. The van der Waals surface area contributed by atoms with Gasteiger partial charge in [0.15, 0.2) is 0 Å². The molecule has 2 atom stereocenters. The fourth-order valence-corrected chi connectivity index (χ4v) is 2.59. The van der Waals surface area contributed by atoms with Gasteiger partial charge in [0.2, 0.25) is 0 Å². The molecule has 1 saturated carbocycles. The predicted octanol–water partition coefficient (Wildman–Crippen LogP) is 2.34. The molecule has 3 N–H and O–H groups in total. The van der Waals surface area contributed by atoms with Crippen LogP contribution in [-0.2, 0) is 0 Å². The van der Waals surface area contributed by atoms with Crippen LogP contribution in [0.1, 0.15) is 31.4 Å². The van der Waals surface area contributed by atoms with E-state index in [2.05, 4.69) is 12.2 Å². The molecule has 2 rings (SSSR count). The molecule has 4 nitrogen and oxygen atoms in total. The summed E-state index contributed by atoms with van der Waals surface area (Å²) >= 11 is 0. The smallest absolute Gasteiger partial charge is 0.127 e. The molecule has 20 heavy (non-hydrogen) atoms. The van der Waals surface area contributed by atoms with Crippen molar-refractivity contribution in [2.75, 3.05) is 27.3 Å². The highest BCUT2D eigenvalue weighted by Crippen LogP contribution is 2.36. The Labute approximate surface area is 121 Å². The van der Waals surface area contributed by atoms with Crippen molar-refractivity contribution in [3.05, 3.63) is 23.8 Å². The highest BCUT2D eigenvalue weighted by Gasteiger charge is 2.28. The Morgan fingerprint density at radius 3 is 2.60 bits per heavy atom. The topological polar surface area (TPSA) is 56.5 Å². The van der Waals surface area contributed by atoms with Crippen LogP contribution < -0.4 is 20.5 Å². The zero-order chi connectivity index (χ0) is 14.5. The van der Waals surface area contributed by atoms with E-state index >= 15 is 0 Å². The number of rotatable bonds is 8. The molecule has 0 radical (unpaired) electrons. The van der Waals surface area contributed by atoms with Crippen molar-refractivity contribution < 1.29 is 9.47 Å². The van der Waals surface area contributed by atoms with Crippen molar-refractivity contribution in [2.24, 2.45) is 17.6 Å². The van der Waals surface area contributed by atoms with Gasteiger partial charge in [0.05, 0.1) is 14.2 Å². The fourth-order valence-electron chi connectivity index (χ4n) is 2.59. The second kappa shape index (κ2) is 6.95. The highest BCUT2D eigenvalue weighted by molar-refractivity contribution is 5.42. The minimum atomic E-state index is 0.122. The molecule has 0 aromatic heterocycles. The maximum Gasteiger partial charge on any atom is 0.127 e. The molecule has 0 heterocycles. The summed E-state index contributed by atoms with van der Waals surface area (Å²) in [6, 6.07) is 6.01. The van der Waals surface area contributed by atoms with Gasteiger partial charge in [0.25, 0.3) is 0 Å². The largest absolute Gasteiger partial charge is 0.497 e. The minimum absolute atomic E-state index is 0.122. The third-order valence-electron chi connectivity index (χ3n) is 4.16. The maximum atomic E-state index is 5.93. The van der Waals surface area contributed by atoms with E-state index in [1.807, 2.05) is 18.2 Å². The normalized spacial score (nSPS) is 17.6. The van der Waals surface area contributed by atoms with E-state index in [-0.39, 0.29) is 6.04 Å². The van der Waals surface area contributed by atoms with Crippen LogP contribution in [0, 0.1) is 11.8 Å². The Balaban J connectivity index is 2.05. The Kier molecular flexibility index (Phi) is 5.26. The first-order chi connectivity index (χ1) is 9.69. The van der Waals surface area contributed by atoms with E-state index in [1.54, 1.807) is 14.2 Å². The summed E-state index contributed by atoms with van der Waals surface area (Å²) in [4.78, 5) is 0. The van der Waals surface area contributed by atoms with E-state index in [9.17, 15) is 0 Å². The van der Waals surface area contributed by atoms with E-state index < -0.39 is 0 Å². The van der Waals surface area contributed by atoms with Crippen molar-refractivity contribution in [2.45, 2.75) is 25.8 Å². The van der Waals surface area contributed by atoms with Gasteiger partial charge in [-0.25, -0.2) is 0 Å². The number of nitrogens with two attached hydrogens (primary N) is 1. The molecule has 1 fully saturated rings.